The molecule has 0 heterocycles. The lowest BCUT2D eigenvalue weighted by Crippen LogP contribution is -2.51. The fourth-order valence-corrected chi connectivity index (χ4v) is 5.95. The van der Waals surface area contributed by atoms with Crippen molar-refractivity contribution in [3.8, 4) is 0 Å². The minimum atomic E-state index is -4.18. The maximum absolute atomic E-state index is 13.9. The summed E-state index contributed by atoms with van der Waals surface area (Å²) >= 11 is 18.6. The van der Waals surface area contributed by atoms with Crippen LogP contribution in [0, 0.1) is 6.92 Å². The van der Waals surface area contributed by atoms with Crippen LogP contribution in [0.2, 0.25) is 15.1 Å². The summed E-state index contributed by atoms with van der Waals surface area (Å²) in [6.45, 7) is 4.82. The fraction of sp³-hybridized carbons (Fsp3) is 0.259. The van der Waals surface area contributed by atoms with E-state index in [-0.39, 0.29) is 23.0 Å². The highest BCUT2D eigenvalue weighted by atomic mass is 35.5. The first kappa shape index (κ1) is 29.8. The van der Waals surface area contributed by atoms with Crippen molar-refractivity contribution in [3.63, 3.8) is 0 Å². The number of hydrogen-bond donors (Lipinski definition) is 1. The maximum atomic E-state index is 13.9. The average Bonchev–Trinajstić information content (AvgIpc) is 2.88. The number of nitrogens with zero attached hydrogens (tertiary/aromatic N) is 2. The van der Waals surface area contributed by atoms with E-state index in [1.54, 1.807) is 69.3 Å². The standard InChI is InChI=1S/C27H28Cl3N3O4S/c1-4-31-27(35)19(3)32(16-20-11-13-21(28)14-24(20)30)26(34)17-33(25-15-22(29)12-10-18(25)2)38(36,37)23-8-6-5-7-9-23/h5-15,19H,4,16-17H2,1-3H3,(H,31,35). The van der Waals surface area contributed by atoms with Gasteiger partial charge in [0.1, 0.15) is 12.6 Å². The second kappa shape index (κ2) is 12.8. The van der Waals surface area contributed by atoms with Crippen LogP contribution in [-0.2, 0) is 26.2 Å². The number of carbonyl (C=O) groups is 2. The third-order valence-corrected chi connectivity index (χ3v) is 8.52. The third kappa shape index (κ3) is 6.99. The van der Waals surface area contributed by atoms with E-state index in [9.17, 15) is 18.0 Å². The zero-order valence-corrected chi connectivity index (χ0v) is 24.2. The number of aryl methyl sites for hydroxylation is 1. The molecule has 7 nitrogen and oxygen atoms in total. The van der Waals surface area contributed by atoms with Gasteiger partial charge >= 0.3 is 0 Å². The van der Waals surface area contributed by atoms with Crippen molar-refractivity contribution in [2.45, 2.75) is 38.3 Å². The normalized spacial score (nSPS) is 12.1. The minimum Gasteiger partial charge on any atom is -0.355 e. The van der Waals surface area contributed by atoms with Gasteiger partial charge in [0.2, 0.25) is 11.8 Å². The molecule has 0 bridgehead atoms. The van der Waals surface area contributed by atoms with E-state index in [4.69, 9.17) is 34.8 Å². The molecule has 3 rings (SSSR count). The molecule has 11 heteroatoms. The summed E-state index contributed by atoms with van der Waals surface area (Å²) < 4.78 is 28.6. The molecular formula is C27H28Cl3N3O4S. The summed E-state index contributed by atoms with van der Waals surface area (Å²) in [5.74, 6) is -0.990. The van der Waals surface area contributed by atoms with Crippen LogP contribution >= 0.6 is 34.8 Å². The molecule has 0 spiro atoms. The molecule has 0 fully saturated rings. The molecule has 0 aliphatic heterocycles. The smallest absolute Gasteiger partial charge is 0.264 e. The first-order chi connectivity index (χ1) is 17.9. The van der Waals surface area contributed by atoms with E-state index in [1.807, 2.05) is 0 Å². The van der Waals surface area contributed by atoms with Gasteiger partial charge in [-0.1, -0.05) is 65.1 Å². The molecule has 0 aromatic heterocycles. The van der Waals surface area contributed by atoms with Gasteiger partial charge in [0.05, 0.1) is 10.6 Å². The number of halogens is 3. The van der Waals surface area contributed by atoms with Crippen LogP contribution in [0.5, 0.6) is 0 Å². The Bertz CT molecular complexity index is 1420. The molecule has 0 radical (unpaired) electrons. The quantitative estimate of drug-likeness (QED) is 0.325. The number of likely N-dealkylation sites (N-methyl/N-ethyl adjacent to an activating group) is 1. The Labute approximate surface area is 238 Å². The number of amides is 2. The van der Waals surface area contributed by atoms with Crippen LogP contribution in [0.15, 0.2) is 71.6 Å². The summed E-state index contributed by atoms with van der Waals surface area (Å²) in [6, 6.07) is 16.5. The summed E-state index contributed by atoms with van der Waals surface area (Å²) in [7, 11) is -4.18. The van der Waals surface area contributed by atoms with Gasteiger partial charge in [0, 0.05) is 28.2 Å². The summed E-state index contributed by atoms with van der Waals surface area (Å²) in [5, 5.41) is 3.76. The van der Waals surface area contributed by atoms with Crippen molar-refractivity contribution in [1.82, 2.24) is 10.2 Å². The van der Waals surface area contributed by atoms with Crippen molar-refractivity contribution >= 4 is 62.3 Å². The van der Waals surface area contributed by atoms with Crippen molar-refractivity contribution in [2.75, 3.05) is 17.4 Å². The third-order valence-electron chi connectivity index (χ3n) is 5.92. The summed E-state index contributed by atoms with van der Waals surface area (Å²) in [5.41, 5.74) is 1.41. The molecular weight excluding hydrogens is 569 g/mol. The van der Waals surface area contributed by atoms with Gasteiger partial charge < -0.3 is 10.2 Å². The van der Waals surface area contributed by atoms with Crippen LogP contribution in [0.1, 0.15) is 25.0 Å². The highest BCUT2D eigenvalue weighted by Crippen LogP contribution is 2.30. The molecule has 2 amide bonds. The molecule has 0 aliphatic rings. The summed E-state index contributed by atoms with van der Waals surface area (Å²) in [4.78, 5) is 28.0. The van der Waals surface area contributed by atoms with E-state index in [0.29, 0.717) is 32.7 Å². The topological polar surface area (TPSA) is 86.8 Å². The number of rotatable bonds is 10. The monoisotopic (exact) mass is 595 g/mol. The van der Waals surface area contributed by atoms with Gasteiger partial charge in [0.25, 0.3) is 10.0 Å². The molecule has 1 N–H and O–H groups in total. The second-order valence-electron chi connectivity index (χ2n) is 8.58. The van der Waals surface area contributed by atoms with E-state index >= 15 is 0 Å². The molecule has 3 aromatic carbocycles. The molecule has 0 saturated heterocycles. The van der Waals surface area contributed by atoms with Gasteiger partial charge in [-0.25, -0.2) is 8.42 Å². The molecule has 3 aromatic rings. The zero-order valence-electron chi connectivity index (χ0n) is 21.1. The van der Waals surface area contributed by atoms with Gasteiger partial charge in [-0.15, -0.1) is 0 Å². The van der Waals surface area contributed by atoms with E-state index in [2.05, 4.69) is 5.32 Å². The molecule has 202 valence electrons. The lowest BCUT2D eigenvalue weighted by molar-refractivity contribution is -0.139. The molecule has 1 atom stereocenters. The SMILES string of the molecule is CCNC(=O)C(C)N(Cc1ccc(Cl)cc1Cl)C(=O)CN(c1cc(Cl)ccc1C)S(=O)(=O)c1ccccc1. The van der Waals surface area contributed by atoms with Crippen molar-refractivity contribution in [2.24, 2.45) is 0 Å². The van der Waals surface area contributed by atoms with Crippen molar-refractivity contribution in [3.05, 3.63) is 92.9 Å². The lowest BCUT2D eigenvalue weighted by atomic mass is 10.1. The number of carbonyl (C=O) groups excluding carboxylic acids is 2. The maximum Gasteiger partial charge on any atom is 0.264 e. The number of benzene rings is 3. The Morgan fingerprint density at radius 3 is 2.21 bits per heavy atom. The largest absolute Gasteiger partial charge is 0.355 e. The van der Waals surface area contributed by atoms with Crippen LogP contribution in [-0.4, -0.2) is 44.3 Å². The number of nitrogens with one attached hydrogen (secondary N) is 1. The Hall–Kier alpha value is -2.78. The minimum absolute atomic E-state index is 0.0104. The van der Waals surface area contributed by atoms with Crippen LogP contribution in [0.25, 0.3) is 0 Å². The Balaban J connectivity index is 2.08. The van der Waals surface area contributed by atoms with Crippen molar-refractivity contribution < 1.29 is 18.0 Å². The average molecular weight is 597 g/mol. The van der Waals surface area contributed by atoms with E-state index in [1.165, 1.54) is 23.1 Å². The molecule has 38 heavy (non-hydrogen) atoms. The van der Waals surface area contributed by atoms with Gasteiger partial charge in [-0.2, -0.15) is 0 Å². The lowest BCUT2D eigenvalue weighted by Gasteiger charge is -2.32. The van der Waals surface area contributed by atoms with E-state index in [0.717, 1.165) is 4.31 Å². The predicted molar refractivity (Wildman–Crippen MR) is 152 cm³/mol. The van der Waals surface area contributed by atoms with Crippen LogP contribution in [0.3, 0.4) is 0 Å². The number of anilines is 1. The number of sulfonamides is 1. The first-order valence-electron chi connectivity index (χ1n) is 11.8. The Morgan fingerprint density at radius 2 is 1.58 bits per heavy atom. The Kier molecular flexibility index (Phi) is 10.1. The number of hydrogen-bond acceptors (Lipinski definition) is 4. The van der Waals surface area contributed by atoms with Crippen LogP contribution in [0.4, 0.5) is 5.69 Å². The zero-order chi connectivity index (χ0) is 28.0. The van der Waals surface area contributed by atoms with Crippen molar-refractivity contribution in [1.29, 1.82) is 0 Å². The Morgan fingerprint density at radius 1 is 0.947 bits per heavy atom. The van der Waals surface area contributed by atoms with Crippen LogP contribution < -0.4 is 9.62 Å². The molecule has 0 aliphatic carbocycles. The molecule has 0 saturated carbocycles. The fourth-order valence-electron chi connectivity index (χ4n) is 3.82. The summed E-state index contributed by atoms with van der Waals surface area (Å²) in [6.07, 6.45) is 0. The van der Waals surface area contributed by atoms with Gasteiger partial charge in [-0.3, -0.25) is 13.9 Å². The van der Waals surface area contributed by atoms with E-state index < -0.39 is 28.5 Å². The highest BCUT2D eigenvalue weighted by Gasteiger charge is 2.33. The highest BCUT2D eigenvalue weighted by molar-refractivity contribution is 7.92. The predicted octanol–water partition coefficient (Wildman–Crippen LogP) is 5.70. The second-order valence-corrected chi connectivity index (χ2v) is 11.7. The van der Waals surface area contributed by atoms with Gasteiger partial charge in [-0.05, 0) is 68.3 Å². The molecule has 1 unspecified atom stereocenters. The first-order valence-corrected chi connectivity index (χ1v) is 14.4. The van der Waals surface area contributed by atoms with Gasteiger partial charge in [0.15, 0.2) is 0 Å².